The molecule has 3 aromatic rings. The molecule has 1 aromatic heterocycles. The summed E-state index contributed by atoms with van der Waals surface area (Å²) in [4.78, 5) is 4.39. The summed E-state index contributed by atoms with van der Waals surface area (Å²) in [5.74, 6) is 0.367. The van der Waals surface area contributed by atoms with Gasteiger partial charge in [-0.15, -0.1) is 0 Å². The number of halogens is 1. The second-order valence-corrected chi connectivity index (χ2v) is 4.64. The number of nitrogen functional groups attached to an aromatic ring is 1. The van der Waals surface area contributed by atoms with Crippen LogP contribution in [-0.2, 0) is 7.05 Å². The highest BCUT2D eigenvalue weighted by atomic mass is 19.1. The number of para-hydroxylation sites is 2. The van der Waals surface area contributed by atoms with Crippen LogP contribution in [0.2, 0.25) is 0 Å². The molecule has 0 fully saturated rings. The number of nitrogens with two attached hydrogens (primary N) is 1. The number of benzene rings is 2. The summed E-state index contributed by atoms with van der Waals surface area (Å²) in [6.07, 6.45) is 0. The number of anilines is 1. The van der Waals surface area contributed by atoms with Crippen molar-refractivity contribution in [3.05, 3.63) is 47.8 Å². The Labute approximate surface area is 110 Å². The van der Waals surface area contributed by atoms with Gasteiger partial charge in [0.05, 0.1) is 5.52 Å². The summed E-state index contributed by atoms with van der Waals surface area (Å²) in [6.45, 7) is 1.95. The third-order valence-corrected chi connectivity index (χ3v) is 3.43. The molecule has 0 unspecified atom stereocenters. The van der Waals surface area contributed by atoms with Gasteiger partial charge in [-0.25, -0.2) is 9.37 Å². The van der Waals surface area contributed by atoms with Crippen LogP contribution in [0.15, 0.2) is 36.4 Å². The molecule has 4 heteroatoms. The van der Waals surface area contributed by atoms with Crippen molar-refractivity contribution in [3.63, 3.8) is 0 Å². The summed E-state index contributed by atoms with van der Waals surface area (Å²) in [5.41, 5.74) is 9.74. The SMILES string of the molecule is Cc1cccc(-c2nc3c(F)cccc3n2C)c1N. The molecule has 2 N–H and O–H groups in total. The number of nitrogens with zero attached hydrogens (tertiary/aromatic N) is 2. The van der Waals surface area contributed by atoms with Crippen molar-refractivity contribution in [2.24, 2.45) is 7.05 Å². The van der Waals surface area contributed by atoms with Crippen LogP contribution in [0.5, 0.6) is 0 Å². The van der Waals surface area contributed by atoms with Gasteiger partial charge in [0.25, 0.3) is 0 Å². The van der Waals surface area contributed by atoms with Gasteiger partial charge in [0.2, 0.25) is 0 Å². The fourth-order valence-electron chi connectivity index (χ4n) is 2.30. The molecule has 19 heavy (non-hydrogen) atoms. The van der Waals surface area contributed by atoms with Crippen molar-refractivity contribution >= 4 is 16.7 Å². The maximum Gasteiger partial charge on any atom is 0.151 e. The Kier molecular flexibility index (Phi) is 2.52. The Morgan fingerprint density at radius 2 is 1.89 bits per heavy atom. The predicted molar refractivity (Wildman–Crippen MR) is 75.3 cm³/mol. The lowest BCUT2D eigenvalue weighted by Gasteiger charge is -2.08. The van der Waals surface area contributed by atoms with Gasteiger partial charge in [-0.2, -0.15) is 0 Å². The second kappa shape index (κ2) is 4.09. The topological polar surface area (TPSA) is 43.8 Å². The predicted octanol–water partition coefficient (Wildman–Crippen LogP) is 3.27. The minimum absolute atomic E-state index is 0.314. The molecular weight excluding hydrogens is 241 g/mol. The standard InChI is InChI=1S/C15H14FN3/c1-9-5-3-6-10(13(9)17)15-18-14-11(16)7-4-8-12(14)19(15)2/h3-8H,17H2,1-2H3. The highest BCUT2D eigenvalue weighted by molar-refractivity contribution is 5.84. The Morgan fingerprint density at radius 1 is 1.16 bits per heavy atom. The number of fused-ring (bicyclic) bond motifs is 1. The number of hydrogen-bond donors (Lipinski definition) is 1. The Bertz CT molecular complexity index is 774. The zero-order valence-electron chi connectivity index (χ0n) is 10.8. The molecule has 2 aromatic carbocycles. The van der Waals surface area contributed by atoms with Gasteiger partial charge in [0.1, 0.15) is 11.3 Å². The van der Waals surface area contributed by atoms with Crippen molar-refractivity contribution in [2.75, 3.05) is 5.73 Å². The van der Waals surface area contributed by atoms with E-state index in [1.54, 1.807) is 6.07 Å². The van der Waals surface area contributed by atoms with Crippen molar-refractivity contribution < 1.29 is 4.39 Å². The Morgan fingerprint density at radius 3 is 2.63 bits per heavy atom. The van der Waals surface area contributed by atoms with E-state index in [4.69, 9.17) is 5.73 Å². The van der Waals surface area contributed by atoms with Crippen LogP contribution in [0.1, 0.15) is 5.56 Å². The molecule has 0 radical (unpaired) electrons. The first-order chi connectivity index (χ1) is 9.09. The lowest BCUT2D eigenvalue weighted by molar-refractivity contribution is 0.637. The molecule has 0 atom stereocenters. The van der Waals surface area contributed by atoms with Crippen LogP contribution in [0.3, 0.4) is 0 Å². The third-order valence-electron chi connectivity index (χ3n) is 3.43. The van der Waals surface area contributed by atoms with Gasteiger partial charge in [0, 0.05) is 18.3 Å². The van der Waals surface area contributed by atoms with Crippen LogP contribution >= 0.6 is 0 Å². The maximum absolute atomic E-state index is 13.8. The number of rotatable bonds is 1. The number of aromatic nitrogens is 2. The van der Waals surface area contributed by atoms with E-state index in [2.05, 4.69) is 4.98 Å². The molecule has 0 bridgehead atoms. The molecule has 3 nitrogen and oxygen atoms in total. The average Bonchev–Trinajstić information content (AvgIpc) is 2.72. The van der Waals surface area contributed by atoms with E-state index in [0.29, 0.717) is 17.0 Å². The molecular formula is C15H14FN3. The number of imidazole rings is 1. The fourth-order valence-corrected chi connectivity index (χ4v) is 2.30. The van der Waals surface area contributed by atoms with E-state index in [0.717, 1.165) is 16.6 Å². The highest BCUT2D eigenvalue weighted by Gasteiger charge is 2.15. The summed E-state index contributed by atoms with van der Waals surface area (Å²) < 4.78 is 15.6. The molecule has 0 aliphatic carbocycles. The summed E-state index contributed by atoms with van der Waals surface area (Å²) >= 11 is 0. The van der Waals surface area contributed by atoms with E-state index < -0.39 is 0 Å². The first kappa shape index (κ1) is 11.7. The minimum atomic E-state index is -0.314. The van der Waals surface area contributed by atoms with Crippen molar-refractivity contribution in [2.45, 2.75) is 6.92 Å². The van der Waals surface area contributed by atoms with Gasteiger partial charge >= 0.3 is 0 Å². The van der Waals surface area contributed by atoms with Crippen LogP contribution in [-0.4, -0.2) is 9.55 Å². The minimum Gasteiger partial charge on any atom is -0.398 e. The second-order valence-electron chi connectivity index (χ2n) is 4.64. The Balaban J connectivity index is 2.35. The van der Waals surface area contributed by atoms with Crippen LogP contribution in [0.25, 0.3) is 22.4 Å². The normalized spacial score (nSPS) is 11.1. The quantitative estimate of drug-likeness (QED) is 0.678. The zero-order valence-corrected chi connectivity index (χ0v) is 10.8. The zero-order chi connectivity index (χ0) is 13.6. The molecule has 96 valence electrons. The van der Waals surface area contributed by atoms with Crippen molar-refractivity contribution in [3.8, 4) is 11.4 Å². The van der Waals surface area contributed by atoms with Crippen molar-refractivity contribution in [1.29, 1.82) is 0 Å². The molecule has 0 aliphatic rings. The van der Waals surface area contributed by atoms with Crippen LogP contribution in [0.4, 0.5) is 10.1 Å². The molecule has 0 saturated heterocycles. The monoisotopic (exact) mass is 255 g/mol. The molecule has 0 aliphatic heterocycles. The molecule has 0 amide bonds. The van der Waals surface area contributed by atoms with Gasteiger partial charge in [-0.05, 0) is 30.7 Å². The van der Waals surface area contributed by atoms with Crippen molar-refractivity contribution in [1.82, 2.24) is 9.55 Å². The molecule has 0 saturated carbocycles. The van der Waals surface area contributed by atoms with Gasteiger partial charge < -0.3 is 10.3 Å². The number of aryl methyl sites for hydroxylation is 2. The first-order valence-electron chi connectivity index (χ1n) is 6.06. The van der Waals surface area contributed by atoms with Gasteiger partial charge in [0.15, 0.2) is 5.82 Å². The summed E-state index contributed by atoms with van der Waals surface area (Å²) in [5, 5.41) is 0. The fraction of sp³-hybridized carbons (Fsp3) is 0.133. The number of hydrogen-bond acceptors (Lipinski definition) is 2. The molecule has 0 spiro atoms. The van der Waals surface area contributed by atoms with E-state index in [1.807, 2.05) is 42.8 Å². The van der Waals surface area contributed by atoms with E-state index in [1.165, 1.54) is 6.07 Å². The highest BCUT2D eigenvalue weighted by Crippen LogP contribution is 2.30. The Hall–Kier alpha value is -2.36. The van der Waals surface area contributed by atoms with Crippen LogP contribution < -0.4 is 5.73 Å². The van der Waals surface area contributed by atoms with Gasteiger partial charge in [-0.1, -0.05) is 18.2 Å². The van der Waals surface area contributed by atoms with Crippen LogP contribution in [0, 0.1) is 12.7 Å². The lowest BCUT2D eigenvalue weighted by atomic mass is 10.1. The largest absolute Gasteiger partial charge is 0.398 e. The first-order valence-corrected chi connectivity index (χ1v) is 6.06. The molecule has 3 rings (SSSR count). The lowest BCUT2D eigenvalue weighted by Crippen LogP contribution is -1.98. The smallest absolute Gasteiger partial charge is 0.151 e. The third kappa shape index (κ3) is 1.68. The van der Waals surface area contributed by atoms with E-state index in [-0.39, 0.29) is 5.82 Å². The van der Waals surface area contributed by atoms with E-state index >= 15 is 0 Å². The molecule has 1 heterocycles. The summed E-state index contributed by atoms with van der Waals surface area (Å²) in [7, 11) is 1.87. The van der Waals surface area contributed by atoms with E-state index in [9.17, 15) is 4.39 Å². The van der Waals surface area contributed by atoms with Gasteiger partial charge in [-0.3, -0.25) is 0 Å². The summed E-state index contributed by atoms with van der Waals surface area (Å²) in [6, 6.07) is 10.7. The average molecular weight is 255 g/mol. The maximum atomic E-state index is 13.8.